The number of pyridine rings is 1. The van der Waals surface area contributed by atoms with Crippen LogP contribution in [0.25, 0.3) is 37.4 Å². The fraction of sp³-hybridized carbons (Fsp3) is 0.0909. The van der Waals surface area contributed by atoms with Crippen molar-refractivity contribution in [2.24, 2.45) is 0 Å². The second-order valence-corrected chi connectivity index (χ2v) is 7.76. The van der Waals surface area contributed by atoms with Crippen LogP contribution in [0.15, 0.2) is 60.7 Å². The molecule has 3 aromatic heterocycles. The first kappa shape index (κ1) is 16.0. The Labute approximate surface area is 160 Å². The standard InChI is InChI=1S/C22H18N4S/c1-13-14(2)24-22-19(20(13)23)21(25-26(22)16-9-4-3-5-10-16)18-12-15-8-6-7-11-17(15)27-18/h3-12H,1-2H3,(H2,23,24). The Morgan fingerprint density at radius 3 is 2.48 bits per heavy atom. The van der Waals surface area contributed by atoms with Gasteiger partial charge in [-0.25, -0.2) is 9.67 Å². The fourth-order valence-corrected chi connectivity index (χ4v) is 4.46. The number of thiophene rings is 1. The molecule has 3 heterocycles. The smallest absolute Gasteiger partial charge is 0.165 e. The lowest BCUT2D eigenvalue weighted by atomic mass is 10.1. The molecule has 0 fully saturated rings. The van der Waals surface area contributed by atoms with Gasteiger partial charge in [0, 0.05) is 16.1 Å². The Morgan fingerprint density at radius 2 is 1.70 bits per heavy atom. The topological polar surface area (TPSA) is 56.7 Å². The van der Waals surface area contributed by atoms with E-state index in [0.29, 0.717) is 0 Å². The number of aromatic nitrogens is 3. The lowest BCUT2D eigenvalue weighted by molar-refractivity contribution is 0.898. The predicted molar refractivity (Wildman–Crippen MR) is 114 cm³/mol. The van der Waals surface area contributed by atoms with Crippen molar-refractivity contribution in [1.82, 2.24) is 14.8 Å². The van der Waals surface area contributed by atoms with Gasteiger partial charge >= 0.3 is 0 Å². The maximum Gasteiger partial charge on any atom is 0.165 e. The third-order valence-electron chi connectivity index (χ3n) is 5.01. The normalized spacial score (nSPS) is 11.5. The van der Waals surface area contributed by atoms with Crippen LogP contribution in [-0.2, 0) is 0 Å². The number of hydrogen-bond acceptors (Lipinski definition) is 4. The predicted octanol–water partition coefficient (Wildman–Crippen LogP) is 5.50. The quantitative estimate of drug-likeness (QED) is 0.446. The summed E-state index contributed by atoms with van der Waals surface area (Å²) in [6.07, 6.45) is 0. The molecule has 0 aliphatic rings. The summed E-state index contributed by atoms with van der Waals surface area (Å²) in [5.41, 5.74) is 11.9. The highest BCUT2D eigenvalue weighted by atomic mass is 32.1. The van der Waals surface area contributed by atoms with Gasteiger partial charge in [-0.05, 0) is 49.1 Å². The summed E-state index contributed by atoms with van der Waals surface area (Å²) in [4.78, 5) is 5.94. The first-order valence-electron chi connectivity index (χ1n) is 8.83. The molecule has 0 radical (unpaired) electrons. The molecule has 5 aromatic rings. The van der Waals surface area contributed by atoms with Crippen LogP contribution in [0.4, 0.5) is 5.69 Å². The summed E-state index contributed by atoms with van der Waals surface area (Å²) in [7, 11) is 0. The van der Waals surface area contributed by atoms with Gasteiger partial charge in [-0.15, -0.1) is 11.3 Å². The fourth-order valence-electron chi connectivity index (χ4n) is 3.41. The largest absolute Gasteiger partial charge is 0.398 e. The van der Waals surface area contributed by atoms with Crippen molar-refractivity contribution in [3.8, 4) is 16.3 Å². The maximum atomic E-state index is 6.55. The van der Waals surface area contributed by atoms with Crippen molar-refractivity contribution in [3.63, 3.8) is 0 Å². The molecule has 5 heteroatoms. The van der Waals surface area contributed by atoms with Crippen LogP contribution in [0.1, 0.15) is 11.3 Å². The number of rotatable bonds is 2. The molecule has 0 amide bonds. The van der Waals surface area contributed by atoms with Crippen LogP contribution in [-0.4, -0.2) is 14.8 Å². The molecular weight excluding hydrogens is 352 g/mol. The number of anilines is 1. The Balaban J connectivity index is 1.88. The third-order valence-corrected chi connectivity index (χ3v) is 6.13. The second-order valence-electron chi connectivity index (χ2n) is 6.68. The van der Waals surface area contributed by atoms with Crippen molar-refractivity contribution < 1.29 is 0 Å². The van der Waals surface area contributed by atoms with E-state index in [1.54, 1.807) is 11.3 Å². The van der Waals surface area contributed by atoms with E-state index in [4.69, 9.17) is 15.8 Å². The Morgan fingerprint density at radius 1 is 0.963 bits per heavy atom. The van der Waals surface area contributed by atoms with Gasteiger partial charge in [-0.1, -0.05) is 36.4 Å². The van der Waals surface area contributed by atoms with E-state index in [0.717, 1.165) is 44.2 Å². The summed E-state index contributed by atoms with van der Waals surface area (Å²) >= 11 is 1.73. The Bertz CT molecular complexity index is 1270. The number of para-hydroxylation sites is 1. The summed E-state index contributed by atoms with van der Waals surface area (Å²) in [5, 5.41) is 7.10. The lowest BCUT2D eigenvalue weighted by Crippen LogP contribution is -2.01. The summed E-state index contributed by atoms with van der Waals surface area (Å²) in [6, 6.07) is 20.7. The molecule has 27 heavy (non-hydrogen) atoms. The summed E-state index contributed by atoms with van der Waals surface area (Å²) in [5.74, 6) is 0. The number of benzene rings is 2. The molecule has 2 aromatic carbocycles. The van der Waals surface area contributed by atoms with Gasteiger partial charge in [0.1, 0.15) is 5.69 Å². The average Bonchev–Trinajstić information content (AvgIpc) is 3.28. The van der Waals surface area contributed by atoms with E-state index in [9.17, 15) is 0 Å². The molecule has 0 spiro atoms. The van der Waals surface area contributed by atoms with E-state index in [1.807, 2.05) is 48.9 Å². The van der Waals surface area contributed by atoms with Crippen molar-refractivity contribution in [2.75, 3.05) is 5.73 Å². The van der Waals surface area contributed by atoms with Crippen molar-refractivity contribution >= 4 is 38.1 Å². The van der Waals surface area contributed by atoms with Crippen LogP contribution in [0.3, 0.4) is 0 Å². The highest BCUT2D eigenvalue weighted by Gasteiger charge is 2.21. The van der Waals surface area contributed by atoms with Crippen LogP contribution in [0, 0.1) is 13.8 Å². The van der Waals surface area contributed by atoms with Crippen molar-refractivity contribution in [1.29, 1.82) is 0 Å². The zero-order chi connectivity index (χ0) is 18.5. The van der Waals surface area contributed by atoms with Gasteiger partial charge in [0.15, 0.2) is 5.65 Å². The van der Waals surface area contributed by atoms with E-state index in [2.05, 4.69) is 30.3 Å². The third kappa shape index (κ3) is 2.43. The molecular formula is C22H18N4S. The highest BCUT2D eigenvalue weighted by molar-refractivity contribution is 7.22. The van der Waals surface area contributed by atoms with Crippen LogP contribution in [0.2, 0.25) is 0 Å². The maximum absolute atomic E-state index is 6.55. The molecule has 0 bridgehead atoms. The minimum Gasteiger partial charge on any atom is -0.398 e. The zero-order valence-electron chi connectivity index (χ0n) is 15.1. The average molecular weight is 370 g/mol. The first-order chi connectivity index (χ1) is 13.1. The molecule has 0 aliphatic heterocycles. The van der Waals surface area contributed by atoms with Gasteiger partial charge in [0.2, 0.25) is 0 Å². The van der Waals surface area contributed by atoms with Gasteiger partial charge in [0.05, 0.1) is 16.0 Å². The number of nitrogen functional groups attached to an aromatic ring is 1. The van der Waals surface area contributed by atoms with Gasteiger partial charge in [-0.3, -0.25) is 0 Å². The molecule has 0 atom stereocenters. The van der Waals surface area contributed by atoms with Crippen LogP contribution >= 0.6 is 11.3 Å². The van der Waals surface area contributed by atoms with E-state index >= 15 is 0 Å². The Kier molecular flexibility index (Phi) is 3.52. The van der Waals surface area contributed by atoms with Gasteiger partial charge < -0.3 is 5.73 Å². The molecule has 2 N–H and O–H groups in total. The number of aryl methyl sites for hydroxylation is 1. The molecule has 0 unspecified atom stereocenters. The minimum atomic E-state index is 0.757. The monoisotopic (exact) mass is 370 g/mol. The number of fused-ring (bicyclic) bond motifs is 2. The van der Waals surface area contributed by atoms with Crippen molar-refractivity contribution in [3.05, 3.63) is 71.9 Å². The SMILES string of the molecule is Cc1nc2c(c(-c3cc4ccccc4s3)nn2-c2ccccc2)c(N)c1C. The highest BCUT2D eigenvalue weighted by Crippen LogP contribution is 2.40. The summed E-state index contributed by atoms with van der Waals surface area (Å²) < 4.78 is 3.14. The molecule has 4 nitrogen and oxygen atoms in total. The van der Waals surface area contributed by atoms with E-state index < -0.39 is 0 Å². The molecule has 132 valence electrons. The van der Waals surface area contributed by atoms with Crippen LogP contribution in [0.5, 0.6) is 0 Å². The Hall–Kier alpha value is -3.18. The zero-order valence-corrected chi connectivity index (χ0v) is 15.9. The van der Waals surface area contributed by atoms with E-state index in [-0.39, 0.29) is 0 Å². The lowest BCUT2D eigenvalue weighted by Gasteiger charge is -2.07. The molecule has 5 rings (SSSR count). The van der Waals surface area contributed by atoms with Gasteiger partial charge in [0.25, 0.3) is 0 Å². The van der Waals surface area contributed by atoms with Gasteiger partial charge in [-0.2, -0.15) is 5.10 Å². The van der Waals surface area contributed by atoms with Crippen molar-refractivity contribution in [2.45, 2.75) is 13.8 Å². The summed E-state index contributed by atoms with van der Waals surface area (Å²) in [6.45, 7) is 4.01. The number of nitrogens with two attached hydrogens (primary N) is 1. The minimum absolute atomic E-state index is 0.757. The number of hydrogen-bond donors (Lipinski definition) is 1. The molecule has 0 saturated carbocycles. The molecule has 0 aliphatic carbocycles. The first-order valence-corrected chi connectivity index (χ1v) is 9.65. The second kappa shape index (κ2) is 5.93. The number of nitrogens with zero attached hydrogens (tertiary/aromatic N) is 3. The molecule has 0 saturated heterocycles. The van der Waals surface area contributed by atoms with Crippen LogP contribution < -0.4 is 5.73 Å². The van der Waals surface area contributed by atoms with E-state index in [1.165, 1.54) is 10.1 Å².